The van der Waals surface area contributed by atoms with Crippen LogP contribution in [0.4, 0.5) is 0 Å². The first-order valence-corrected chi connectivity index (χ1v) is 26.4. The molecule has 2 saturated heterocycles. The number of imidazole rings is 2. The lowest BCUT2D eigenvalue weighted by Crippen LogP contribution is -2.61. The summed E-state index contributed by atoms with van der Waals surface area (Å²) in [5.41, 5.74) is 7.36. The lowest BCUT2D eigenvalue weighted by molar-refractivity contribution is -0.141. The minimum atomic E-state index is -1.70. The number of nitrogens with two attached hydrogens (primary N) is 1. The number of amides is 11. The first kappa shape index (κ1) is 59.9. The number of aliphatic hydroxyl groups is 1. The standard InChI is InChI=1S/C50H68N16O12S/c1-25(2)13-33(44(72)65-38(22-79)48(76)63-35(15-28-18-52-23-56-28)43(71)58-26(3)50(78)66-12-6-9-39(66)49(77)55-20-40(51)68)60-47(75)37(21-67)64-45(73)34(14-27-17-54-31-8-5-4-7-30(27)31)61-46(74)36(16-29-19-53-24-57-29)62-42(70)32-10-11-41(69)59-32/h4-5,7-8,17-19,23-26,32-39,54,67,79H,6,9-16,20-22H2,1-3H3,(H2,51,68)(H,52,56)(H,53,57)(H,55,77)(H,58,71)(H,59,69)(H,60,75)(H,61,74)(H,62,70)(H,63,76)(H,64,73)(H,65,72)/t26-,32-,33-,34-,35-,36-,37-,38-,39-/m0/s1. The third-order valence-corrected chi connectivity index (χ3v) is 13.6. The van der Waals surface area contributed by atoms with E-state index in [9.17, 15) is 57.8 Å². The second kappa shape index (κ2) is 28.3. The number of primary amides is 1. The van der Waals surface area contributed by atoms with Gasteiger partial charge in [-0.05, 0) is 50.2 Å². The Labute approximate surface area is 458 Å². The molecule has 29 heteroatoms. The summed E-state index contributed by atoms with van der Waals surface area (Å²) in [7, 11) is 0. The molecule has 9 atom stereocenters. The molecule has 3 aromatic heterocycles. The van der Waals surface area contributed by atoms with Crippen molar-refractivity contribution < 1.29 is 57.8 Å². The van der Waals surface area contributed by atoms with Crippen LogP contribution < -0.4 is 53.6 Å². The molecule has 0 radical (unpaired) electrons. The zero-order chi connectivity index (χ0) is 57.3. The van der Waals surface area contributed by atoms with Gasteiger partial charge in [-0.3, -0.25) is 52.7 Å². The van der Waals surface area contributed by atoms with E-state index in [4.69, 9.17) is 5.73 Å². The van der Waals surface area contributed by atoms with Crippen LogP contribution in [-0.2, 0) is 72.0 Å². The van der Waals surface area contributed by atoms with Crippen LogP contribution in [0.3, 0.4) is 0 Å². The summed E-state index contributed by atoms with van der Waals surface area (Å²) in [5.74, 6) is -8.70. The van der Waals surface area contributed by atoms with Crippen molar-refractivity contribution in [3.8, 4) is 0 Å². The highest BCUT2D eigenvalue weighted by atomic mass is 32.1. The lowest BCUT2D eigenvalue weighted by Gasteiger charge is -2.29. The maximum Gasteiger partial charge on any atom is 0.245 e. The zero-order valence-corrected chi connectivity index (χ0v) is 44.7. The molecule has 11 amide bonds. The fraction of sp³-hybridized carbons (Fsp3) is 0.500. The summed E-state index contributed by atoms with van der Waals surface area (Å²) in [6.45, 7) is 3.74. The zero-order valence-electron chi connectivity index (χ0n) is 43.8. The Kier molecular flexibility index (Phi) is 21.5. The van der Waals surface area contributed by atoms with Crippen LogP contribution in [0.15, 0.2) is 55.5 Å². The Morgan fingerprint density at radius 3 is 1.85 bits per heavy atom. The van der Waals surface area contributed by atoms with Crippen molar-refractivity contribution in [1.29, 1.82) is 0 Å². The second-order valence-electron chi connectivity index (χ2n) is 19.8. The van der Waals surface area contributed by atoms with Crippen LogP contribution in [0.2, 0.25) is 0 Å². The predicted octanol–water partition coefficient (Wildman–Crippen LogP) is -4.11. The highest BCUT2D eigenvalue weighted by Crippen LogP contribution is 2.21. The van der Waals surface area contributed by atoms with Crippen LogP contribution >= 0.6 is 12.6 Å². The van der Waals surface area contributed by atoms with Gasteiger partial charge in [0.25, 0.3) is 0 Å². The number of para-hydroxylation sites is 1. The summed E-state index contributed by atoms with van der Waals surface area (Å²) in [6, 6.07) is -4.34. The first-order chi connectivity index (χ1) is 37.7. The van der Waals surface area contributed by atoms with Gasteiger partial charge in [0.2, 0.25) is 65.0 Å². The van der Waals surface area contributed by atoms with Crippen molar-refractivity contribution in [2.45, 2.75) is 127 Å². The molecular formula is C50H68N16O12S. The molecule has 1 aromatic carbocycles. The normalized spacial score (nSPS) is 17.7. The molecule has 0 spiro atoms. The third kappa shape index (κ3) is 16.8. The number of hydrogen-bond donors (Lipinski definition) is 15. The molecule has 4 aromatic rings. The molecule has 0 bridgehead atoms. The number of fused-ring (bicyclic) bond motifs is 1. The van der Waals surface area contributed by atoms with Crippen LogP contribution in [0.25, 0.3) is 10.9 Å². The molecule has 0 aliphatic carbocycles. The van der Waals surface area contributed by atoms with Crippen molar-refractivity contribution in [2.75, 3.05) is 25.4 Å². The SMILES string of the molecule is CC(C)C[C@H](NC(=O)[C@H](CO)NC(=O)[C@H](Cc1c[nH]c2ccccc12)NC(=O)[C@H](Cc1cnc[nH]1)NC(=O)[C@@H]1CCC(=O)N1)C(=O)N[C@@H](CS)C(=O)N[C@@H](Cc1cnc[nH]1)C(=O)N[C@@H](C)C(=O)N1CCC[C@H]1C(=O)NCC(N)=O. The molecule has 6 rings (SSSR count). The Hall–Kier alpha value is -8.34. The highest BCUT2D eigenvalue weighted by molar-refractivity contribution is 7.80. The number of aromatic nitrogens is 5. The minimum absolute atomic E-state index is 0.000741. The van der Waals surface area contributed by atoms with E-state index in [1.54, 1.807) is 38.2 Å². The van der Waals surface area contributed by atoms with E-state index in [1.165, 1.54) is 36.9 Å². The maximum atomic E-state index is 14.4. The number of carbonyl (C=O) groups is 11. The maximum absolute atomic E-state index is 14.4. The number of aromatic amines is 3. The van der Waals surface area contributed by atoms with Crippen molar-refractivity contribution in [3.05, 3.63) is 72.5 Å². The first-order valence-electron chi connectivity index (χ1n) is 25.7. The van der Waals surface area contributed by atoms with Crippen molar-refractivity contribution in [2.24, 2.45) is 11.7 Å². The molecule has 79 heavy (non-hydrogen) atoms. The minimum Gasteiger partial charge on any atom is -0.394 e. The van der Waals surface area contributed by atoms with Crippen LogP contribution in [0.5, 0.6) is 0 Å². The Morgan fingerprint density at radius 1 is 0.709 bits per heavy atom. The summed E-state index contributed by atoms with van der Waals surface area (Å²) >= 11 is 4.30. The number of H-pyrrole nitrogens is 3. The molecule has 15 N–H and O–H groups in total. The highest BCUT2D eigenvalue weighted by Gasteiger charge is 2.39. The lowest BCUT2D eigenvalue weighted by atomic mass is 10.0. The van der Waals surface area contributed by atoms with Gasteiger partial charge in [-0.2, -0.15) is 12.6 Å². The molecule has 2 aliphatic heterocycles. The van der Waals surface area contributed by atoms with Gasteiger partial charge < -0.3 is 78.5 Å². The van der Waals surface area contributed by atoms with Crippen molar-refractivity contribution >= 4 is 88.5 Å². The number of carbonyl (C=O) groups excluding carboxylic acids is 11. The Balaban J connectivity index is 1.13. The molecule has 2 aliphatic rings. The van der Waals surface area contributed by atoms with Crippen molar-refractivity contribution in [3.63, 3.8) is 0 Å². The van der Waals surface area contributed by atoms with Gasteiger partial charge in [0.15, 0.2) is 0 Å². The van der Waals surface area contributed by atoms with Gasteiger partial charge in [0.05, 0.1) is 25.8 Å². The van der Waals surface area contributed by atoms with E-state index in [1.807, 2.05) is 6.07 Å². The topological polar surface area (TPSA) is 419 Å². The quantitative estimate of drug-likeness (QED) is 0.0241. The smallest absolute Gasteiger partial charge is 0.245 e. The summed E-state index contributed by atoms with van der Waals surface area (Å²) in [5, 5.41) is 34.4. The largest absolute Gasteiger partial charge is 0.394 e. The van der Waals surface area contributed by atoms with Crippen LogP contribution in [0, 0.1) is 5.92 Å². The van der Waals surface area contributed by atoms with E-state index in [-0.39, 0.29) is 62.6 Å². The number of hydrogen-bond acceptors (Lipinski definition) is 15. The average Bonchev–Trinajstić information content (AvgIpc) is 4.30. The monoisotopic (exact) mass is 1120 g/mol. The van der Waals surface area contributed by atoms with Gasteiger partial charge in [0.1, 0.15) is 54.4 Å². The Morgan fingerprint density at radius 2 is 1.27 bits per heavy atom. The average molecular weight is 1120 g/mol. The molecule has 2 fully saturated rings. The number of likely N-dealkylation sites (tertiary alicyclic amines) is 1. The summed E-state index contributed by atoms with van der Waals surface area (Å²) in [4.78, 5) is 165. The van der Waals surface area contributed by atoms with E-state index < -0.39 is 127 Å². The number of nitrogens with one attached hydrogen (secondary N) is 12. The number of aliphatic hydroxyl groups excluding tert-OH is 1. The van der Waals surface area contributed by atoms with Gasteiger partial charge in [-0.1, -0.05) is 32.0 Å². The Bertz CT molecular complexity index is 2830. The van der Waals surface area contributed by atoms with Gasteiger partial charge >= 0.3 is 0 Å². The summed E-state index contributed by atoms with van der Waals surface area (Å²) in [6.07, 6.45) is 8.00. The number of thiol groups is 1. The predicted molar refractivity (Wildman–Crippen MR) is 284 cm³/mol. The second-order valence-corrected chi connectivity index (χ2v) is 20.1. The van der Waals surface area contributed by atoms with Crippen molar-refractivity contribution in [1.82, 2.24) is 77.7 Å². The molecule has 426 valence electrons. The number of benzene rings is 1. The fourth-order valence-electron chi connectivity index (χ4n) is 9.14. The fourth-order valence-corrected chi connectivity index (χ4v) is 9.39. The van der Waals surface area contributed by atoms with E-state index in [2.05, 4.69) is 85.4 Å². The molecule has 0 unspecified atom stereocenters. The van der Waals surface area contributed by atoms with Gasteiger partial charge in [0, 0.05) is 78.9 Å². The van der Waals surface area contributed by atoms with Gasteiger partial charge in [-0.15, -0.1) is 0 Å². The third-order valence-electron chi connectivity index (χ3n) is 13.2. The summed E-state index contributed by atoms with van der Waals surface area (Å²) < 4.78 is 0. The number of rotatable bonds is 28. The van der Waals surface area contributed by atoms with Gasteiger partial charge in [-0.25, -0.2) is 9.97 Å². The molecule has 0 saturated carbocycles. The number of nitrogens with zero attached hydrogens (tertiary/aromatic N) is 3. The molecular weight excluding hydrogens is 1050 g/mol. The van der Waals surface area contributed by atoms with E-state index in [0.717, 1.165) is 10.9 Å². The van der Waals surface area contributed by atoms with Crippen LogP contribution in [-0.4, -0.2) is 180 Å². The van der Waals surface area contributed by atoms with E-state index in [0.29, 0.717) is 29.8 Å². The molecule has 28 nitrogen and oxygen atoms in total. The van der Waals surface area contributed by atoms with Crippen LogP contribution in [0.1, 0.15) is 69.8 Å². The van der Waals surface area contributed by atoms with E-state index >= 15 is 0 Å². The molecule has 5 heterocycles.